The van der Waals surface area contributed by atoms with Gasteiger partial charge in [-0.1, -0.05) is 23.4 Å². The van der Waals surface area contributed by atoms with Crippen molar-refractivity contribution in [1.29, 1.82) is 0 Å². The van der Waals surface area contributed by atoms with Gasteiger partial charge in [0.05, 0.1) is 23.2 Å². The molecule has 1 aliphatic carbocycles. The summed E-state index contributed by atoms with van der Waals surface area (Å²) in [4.78, 5) is 35.1. The topological polar surface area (TPSA) is 119 Å². The van der Waals surface area contributed by atoms with Crippen LogP contribution in [0.3, 0.4) is 0 Å². The Hall–Kier alpha value is -3.09. The zero-order chi connectivity index (χ0) is 25.1. The minimum Gasteiger partial charge on any atom is -0.378 e. The van der Waals surface area contributed by atoms with E-state index >= 15 is 4.39 Å². The number of thioether (sulfide) groups is 1. The van der Waals surface area contributed by atoms with Crippen molar-refractivity contribution < 1.29 is 18.4 Å². The van der Waals surface area contributed by atoms with Crippen molar-refractivity contribution in [3.8, 4) is 0 Å². The fourth-order valence-electron chi connectivity index (χ4n) is 4.58. The van der Waals surface area contributed by atoms with Gasteiger partial charge in [-0.15, -0.1) is 0 Å². The number of halogens is 3. The minimum absolute atomic E-state index is 0.0302. The van der Waals surface area contributed by atoms with E-state index in [1.165, 1.54) is 32.7 Å². The molecule has 2 aliphatic rings. The second-order valence-corrected chi connectivity index (χ2v) is 10.3. The highest BCUT2D eigenvalue weighted by atomic mass is 35.5. The van der Waals surface area contributed by atoms with Crippen LogP contribution in [0, 0.1) is 17.6 Å². The van der Waals surface area contributed by atoms with Gasteiger partial charge in [0.15, 0.2) is 22.6 Å². The van der Waals surface area contributed by atoms with Gasteiger partial charge < -0.3 is 11.1 Å². The van der Waals surface area contributed by atoms with Crippen LogP contribution >= 0.6 is 23.4 Å². The van der Waals surface area contributed by atoms with Gasteiger partial charge in [-0.25, -0.2) is 28.8 Å². The molecule has 0 unspecified atom stereocenters. The van der Waals surface area contributed by atoms with Gasteiger partial charge in [0.1, 0.15) is 16.6 Å². The summed E-state index contributed by atoms with van der Waals surface area (Å²) in [5.41, 5.74) is 5.87. The predicted molar refractivity (Wildman–Crippen MR) is 129 cm³/mol. The quantitative estimate of drug-likeness (QED) is 0.489. The molecule has 0 spiro atoms. The molecule has 182 valence electrons. The smallest absolute Gasteiger partial charge is 0.262 e. The number of amides is 1. The Morgan fingerprint density at radius 1 is 1.31 bits per heavy atom. The van der Waals surface area contributed by atoms with Crippen molar-refractivity contribution >= 4 is 57.0 Å². The summed E-state index contributed by atoms with van der Waals surface area (Å²) in [7, 11) is 2.87. The number of rotatable bonds is 5. The summed E-state index contributed by atoms with van der Waals surface area (Å²) in [5.74, 6) is -2.60. The fraction of sp³-hybridized carbons (Fsp3) is 0.318. The number of aliphatic imine (C=N–C) groups is 1. The van der Waals surface area contributed by atoms with Gasteiger partial charge in [-0.05, 0) is 25.5 Å². The van der Waals surface area contributed by atoms with E-state index in [0.717, 1.165) is 22.9 Å². The third-order valence-electron chi connectivity index (χ3n) is 6.42. The Kier molecular flexibility index (Phi) is 5.57. The van der Waals surface area contributed by atoms with Crippen LogP contribution in [0.1, 0.15) is 18.9 Å². The second kappa shape index (κ2) is 8.25. The van der Waals surface area contributed by atoms with E-state index in [1.807, 2.05) is 0 Å². The largest absolute Gasteiger partial charge is 0.378 e. The number of aromatic nitrogens is 3. The van der Waals surface area contributed by atoms with Gasteiger partial charge in [0.25, 0.3) is 5.91 Å². The van der Waals surface area contributed by atoms with Crippen molar-refractivity contribution in [2.24, 2.45) is 16.6 Å². The van der Waals surface area contributed by atoms with Crippen molar-refractivity contribution in [2.45, 2.75) is 23.6 Å². The lowest BCUT2D eigenvalue weighted by Crippen LogP contribution is -2.44. The van der Waals surface area contributed by atoms with Crippen LogP contribution in [0.2, 0.25) is 5.02 Å². The number of nitrogens with two attached hydrogens (primary N) is 1. The molecule has 5 rings (SSSR count). The van der Waals surface area contributed by atoms with Crippen molar-refractivity contribution in [2.75, 3.05) is 19.5 Å². The first-order valence-corrected chi connectivity index (χ1v) is 11.7. The summed E-state index contributed by atoms with van der Waals surface area (Å²) in [6.07, 6.45) is 3.13. The monoisotopic (exact) mass is 519 g/mol. The van der Waals surface area contributed by atoms with Gasteiger partial charge in [-0.2, -0.15) is 0 Å². The molecule has 0 bridgehead atoms. The van der Waals surface area contributed by atoms with E-state index in [2.05, 4.69) is 25.3 Å². The number of pyridine rings is 1. The van der Waals surface area contributed by atoms with Crippen LogP contribution in [-0.2, 0) is 15.2 Å². The van der Waals surface area contributed by atoms with Crippen LogP contribution in [0.25, 0.3) is 11.0 Å². The lowest BCUT2D eigenvalue weighted by molar-refractivity contribution is -0.169. The zero-order valence-electron chi connectivity index (χ0n) is 18.8. The molecule has 2 aromatic heterocycles. The number of amidine groups is 1. The fourth-order valence-corrected chi connectivity index (χ4v) is 6.18. The predicted octanol–water partition coefficient (Wildman–Crippen LogP) is 3.76. The Bertz CT molecular complexity index is 1410. The average Bonchev–Trinajstić information content (AvgIpc) is 3.56. The number of hydrogen-bond donors (Lipinski definition) is 2. The van der Waals surface area contributed by atoms with Crippen LogP contribution < -0.4 is 11.1 Å². The number of nitrogens with zero attached hydrogens (tertiary/aromatic N) is 5. The maximum atomic E-state index is 15.2. The first kappa shape index (κ1) is 23.6. The molecule has 3 heterocycles. The summed E-state index contributed by atoms with van der Waals surface area (Å²) in [5, 5.41) is 4.61. The molecular weight excluding hydrogens is 500 g/mol. The SMILES string of the molecule is CON(C)C(=O)[C@]12C[C@H]1[C@@](C)(c1cc(Nc3ncnc4cc(Cl)cnc34)cc(F)c1F)N=C(N)S2. The summed E-state index contributed by atoms with van der Waals surface area (Å²) >= 11 is 7.11. The van der Waals surface area contributed by atoms with Crippen LogP contribution in [0.15, 0.2) is 35.7 Å². The van der Waals surface area contributed by atoms with Crippen molar-refractivity contribution in [3.05, 3.63) is 52.9 Å². The molecular formula is C22H20ClF2N7O2S. The van der Waals surface area contributed by atoms with Gasteiger partial charge in [0, 0.05) is 36.5 Å². The Labute approximate surface area is 208 Å². The van der Waals surface area contributed by atoms with Crippen LogP contribution in [-0.4, -0.2) is 50.0 Å². The minimum atomic E-state index is -1.29. The van der Waals surface area contributed by atoms with Gasteiger partial charge >= 0.3 is 0 Å². The lowest BCUT2D eigenvalue weighted by Gasteiger charge is -2.34. The number of benzene rings is 1. The van der Waals surface area contributed by atoms with E-state index in [0.29, 0.717) is 22.5 Å². The molecule has 3 atom stereocenters. The molecule has 1 amide bonds. The molecule has 9 nitrogen and oxygen atoms in total. The molecule has 1 aromatic carbocycles. The molecule has 35 heavy (non-hydrogen) atoms. The number of nitrogens with one attached hydrogen (secondary N) is 1. The first-order valence-electron chi connectivity index (χ1n) is 10.5. The summed E-state index contributed by atoms with van der Waals surface area (Å²) in [6, 6.07) is 4.08. The first-order chi connectivity index (χ1) is 16.6. The summed E-state index contributed by atoms with van der Waals surface area (Å²) < 4.78 is 29.1. The van der Waals surface area contributed by atoms with E-state index in [-0.39, 0.29) is 28.1 Å². The molecule has 3 N–H and O–H groups in total. The van der Waals surface area contributed by atoms with E-state index in [4.69, 9.17) is 22.2 Å². The number of hydrogen-bond acceptors (Lipinski definition) is 9. The standard InChI is InChI=1S/C22H20ClF2N7O2S/c1-21(15-7-22(15,35-20(26)31-21)19(33)32(2)34-3)12-5-11(6-13(24)16(12)25)30-18-17-14(28-9-29-18)4-10(23)8-27-17/h4-6,8-9,15H,7H2,1-3H3,(H2,26,31)(H,28,29,30)/t15-,21+,22-/m0/s1. The molecule has 0 radical (unpaired) electrons. The van der Waals surface area contributed by atoms with Crippen molar-refractivity contribution in [3.63, 3.8) is 0 Å². The average molecular weight is 520 g/mol. The third-order valence-corrected chi connectivity index (χ3v) is 7.92. The highest BCUT2D eigenvalue weighted by Gasteiger charge is 2.71. The maximum absolute atomic E-state index is 15.2. The molecule has 13 heteroatoms. The van der Waals surface area contributed by atoms with Crippen molar-refractivity contribution in [1.82, 2.24) is 20.0 Å². The highest BCUT2D eigenvalue weighted by molar-refractivity contribution is 8.15. The normalized spacial score (nSPS) is 25.1. The maximum Gasteiger partial charge on any atom is 0.262 e. The van der Waals surface area contributed by atoms with Crippen LogP contribution in [0.4, 0.5) is 20.3 Å². The second-order valence-electron chi connectivity index (χ2n) is 8.52. The lowest BCUT2D eigenvalue weighted by atomic mass is 9.85. The molecule has 1 saturated carbocycles. The third kappa shape index (κ3) is 3.76. The van der Waals surface area contributed by atoms with E-state index < -0.39 is 27.8 Å². The number of hydroxylamine groups is 2. The van der Waals surface area contributed by atoms with Gasteiger partial charge in [0.2, 0.25) is 0 Å². The highest BCUT2D eigenvalue weighted by Crippen LogP contribution is 2.66. The number of carbonyl (C=O) groups excluding carboxylic acids is 1. The molecule has 0 saturated heterocycles. The molecule has 1 aliphatic heterocycles. The molecule has 1 fully saturated rings. The zero-order valence-corrected chi connectivity index (χ0v) is 20.4. The van der Waals surface area contributed by atoms with E-state index in [9.17, 15) is 9.18 Å². The number of carbonyl (C=O) groups is 1. The number of fused-ring (bicyclic) bond motifs is 2. The van der Waals surface area contributed by atoms with Crippen LogP contribution in [0.5, 0.6) is 0 Å². The van der Waals surface area contributed by atoms with E-state index in [1.54, 1.807) is 13.0 Å². The Morgan fingerprint density at radius 3 is 2.83 bits per heavy atom. The summed E-state index contributed by atoms with van der Waals surface area (Å²) in [6.45, 7) is 1.65. The van der Waals surface area contributed by atoms with Gasteiger partial charge in [-0.3, -0.25) is 14.6 Å². The Morgan fingerprint density at radius 2 is 2.09 bits per heavy atom. The number of anilines is 2. The molecule has 3 aromatic rings. The Balaban J connectivity index is 1.57.